The first kappa shape index (κ1) is 24.0. The number of esters is 1. The van der Waals surface area contributed by atoms with E-state index >= 15 is 0 Å². The molecule has 0 aliphatic carbocycles. The van der Waals surface area contributed by atoms with Gasteiger partial charge in [0, 0.05) is 6.42 Å². The Bertz CT molecular complexity index is 1200. The van der Waals surface area contributed by atoms with Gasteiger partial charge in [-0.3, -0.25) is 13.9 Å². The largest absolute Gasteiger partial charge is 0.468 e. The molecule has 2 unspecified atom stereocenters. The van der Waals surface area contributed by atoms with Gasteiger partial charge in [-0.15, -0.1) is 0 Å². The summed E-state index contributed by atoms with van der Waals surface area (Å²) < 4.78 is 51.3. The molecule has 1 aliphatic heterocycles. The third-order valence-corrected chi connectivity index (χ3v) is 6.79. The first-order chi connectivity index (χ1) is 16.3. The minimum Gasteiger partial charge on any atom is -0.468 e. The molecule has 3 heterocycles. The molecule has 1 aliphatic rings. The lowest BCUT2D eigenvalue weighted by Crippen LogP contribution is -2.35. The first-order valence-electron chi connectivity index (χ1n) is 10.4. The number of anilines is 1. The van der Waals surface area contributed by atoms with Crippen molar-refractivity contribution >= 4 is 30.7 Å². The molecule has 1 fully saturated rings. The van der Waals surface area contributed by atoms with E-state index in [1.807, 2.05) is 0 Å². The Morgan fingerprint density at radius 3 is 2.85 bits per heavy atom. The highest BCUT2D eigenvalue weighted by molar-refractivity contribution is 7.52. The predicted octanol–water partition coefficient (Wildman–Crippen LogP) is 2.39. The number of carbonyl (C=O) groups excluding carboxylic acids is 1. The van der Waals surface area contributed by atoms with Gasteiger partial charge in [-0.1, -0.05) is 18.2 Å². The number of nitrogens with two attached hydrogens (primary N) is 1. The minimum absolute atomic E-state index is 0.0147. The summed E-state index contributed by atoms with van der Waals surface area (Å²) in [6.45, 7) is 1.03. The van der Waals surface area contributed by atoms with Crippen LogP contribution in [0.5, 0.6) is 5.75 Å². The highest BCUT2D eigenvalue weighted by Crippen LogP contribution is 2.46. The summed E-state index contributed by atoms with van der Waals surface area (Å²) >= 11 is 0. The molecule has 0 spiro atoms. The third kappa shape index (κ3) is 5.17. The zero-order chi connectivity index (χ0) is 24.3. The Labute approximate surface area is 194 Å². The van der Waals surface area contributed by atoms with Gasteiger partial charge in [0.05, 0.1) is 20.0 Å². The topological polar surface area (TPSA) is 153 Å². The molecule has 0 amide bonds. The molecule has 1 aromatic carbocycles. The van der Waals surface area contributed by atoms with E-state index in [1.54, 1.807) is 34.9 Å². The van der Waals surface area contributed by atoms with Crippen molar-refractivity contribution in [3.8, 4) is 5.75 Å². The number of nitrogens with zero attached hydrogens (tertiary/aromatic N) is 4. The summed E-state index contributed by atoms with van der Waals surface area (Å²) in [5.74, 6) is -0.239. The molecular formula is C20H24FN6O6P. The lowest BCUT2D eigenvalue weighted by Gasteiger charge is -2.24. The number of rotatable bonds is 9. The molecule has 0 saturated carbocycles. The van der Waals surface area contributed by atoms with E-state index in [-0.39, 0.29) is 18.0 Å². The molecule has 1 saturated heterocycles. The Kier molecular flexibility index (Phi) is 7.08. The second-order valence-electron chi connectivity index (χ2n) is 7.54. The Balaban J connectivity index is 1.47. The van der Waals surface area contributed by atoms with Gasteiger partial charge in [-0.25, -0.2) is 23.9 Å². The number of halogens is 1. The standard InChI is InChI=1S/C20H24FN6O6P/c1-12(20(28)30-2)26-34(29,33-13-6-4-3-5-7-13)31-9-15-14(21)8-16(32-15)27-11-25-17-18(22)23-10-24-19(17)27/h3-7,10-12,14-16H,8-9H2,1-2H3,(H,26,29)(H2,22,23,24)/t12-,14?,15-,16-,34?/m0/s1. The second kappa shape index (κ2) is 10.0. The van der Waals surface area contributed by atoms with Crippen LogP contribution in [0, 0.1) is 0 Å². The van der Waals surface area contributed by atoms with E-state index in [0.29, 0.717) is 11.2 Å². The fourth-order valence-electron chi connectivity index (χ4n) is 3.44. The van der Waals surface area contributed by atoms with Crippen molar-refractivity contribution in [2.45, 2.75) is 37.9 Å². The molecule has 182 valence electrons. The number of imidazole rings is 1. The van der Waals surface area contributed by atoms with Gasteiger partial charge in [0.15, 0.2) is 11.5 Å². The average Bonchev–Trinajstić information content (AvgIpc) is 3.42. The summed E-state index contributed by atoms with van der Waals surface area (Å²) in [7, 11) is -2.93. The summed E-state index contributed by atoms with van der Waals surface area (Å²) in [6.07, 6.45) is -0.531. The molecule has 12 nitrogen and oxygen atoms in total. The number of ether oxygens (including phenoxy) is 2. The fraction of sp³-hybridized carbons (Fsp3) is 0.400. The molecule has 34 heavy (non-hydrogen) atoms. The fourth-order valence-corrected chi connectivity index (χ4v) is 4.94. The van der Waals surface area contributed by atoms with Crippen molar-refractivity contribution in [1.82, 2.24) is 24.6 Å². The first-order valence-corrected chi connectivity index (χ1v) is 11.9. The smallest absolute Gasteiger partial charge is 0.459 e. The number of aromatic nitrogens is 4. The number of nitrogens with one attached hydrogen (secondary N) is 1. The van der Waals surface area contributed by atoms with E-state index in [0.717, 1.165) is 0 Å². The van der Waals surface area contributed by atoms with E-state index in [1.165, 1.54) is 26.7 Å². The van der Waals surface area contributed by atoms with Gasteiger partial charge in [0.25, 0.3) is 0 Å². The van der Waals surface area contributed by atoms with Crippen molar-refractivity contribution in [3.63, 3.8) is 0 Å². The summed E-state index contributed by atoms with van der Waals surface area (Å²) in [6, 6.07) is 7.23. The molecule has 3 N–H and O–H groups in total. The zero-order valence-corrected chi connectivity index (χ0v) is 19.3. The van der Waals surface area contributed by atoms with Crippen molar-refractivity contribution < 1.29 is 32.3 Å². The predicted molar refractivity (Wildman–Crippen MR) is 118 cm³/mol. The lowest BCUT2D eigenvalue weighted by atomic mass is 10.2. The van der Waals surface area contributed by atoms with Crippen LogP contribution in [0.4, 0.5) is 10.2 Å². The Morgan fingerprint density at radius 2 is 2.12 bits per heavy atom. The van der Waals surface area contributed by atoms with E-state index in [2.05, 4.69) is 24.8 Å². The van der Waals surface area contributed by atoms with Crippen LogP contribution in [-0.4, -0.2) is 57.5 Å². The monoisotopic (exact) mass is 494 g/mol. The number of alkyl halides is 1. The maximum Gasteiger partial charge on any atom is 0.459 e. The minimum atomic E-state index is -4.12. The van der Waals surface area contributed by atoms with Gasteiger partial charge >= 0.3 is 13.7 Å². The van der Waals surface area contributed by atoms with Crippen LogP contribution in [0.2, 0.25) is 0 Å². The summed E-state index contributed by atoms with van der Waals surface area (Å²) in [5.41, 5.74) is 6.58. The number of hydrogen-bond donors (Lipinski definition) is 2. The van der Waals surface area contributed by atoms with E-state index < -0.39 is 44.9 Å². The molecule has 2 aromatic heterocycles. The SMILES string of the molecule is COC(=O)[C@H](C)NP(=O)(OC[C@@H]1O[C@H](n2cnc3c(N)ncnc32)CC1F)Oc1ccccc1. The number of fused-ring (bicyclic) bond motifs is 1. The van der Waals surface area contributed by atoms with Gasteiger partial charge in [-0.05, 0) is 19.1 Å². The van der Waals surface area contributed by atoms with Gasteiger partial charge < -0.3 is 19.7 Å². The number of para-hydroxylation sites is 1. The summed E-state index contributed by atoms with van der Waals surface area (Å²) in [5, 5.41) is 2.51. The maximum atomic E-state index is 14.8. The molecule has 14 heteroatoms. The Hall–Kier alpha value is -3.12. The number of methoxy groups -OCH3 is 1. The van der Waals surface area contributed by atoms with Crippen LogP contribution < -0.4 is 15.3 Å². The highest BCUT2D eigenvalue weighted by atomic mass is 31.2. The van der Waals surface area contributed by atoms with Crippen LogP contribution in [0.1, 0.15) is 19.6 Å². The van der Waals surface area contributed by atoms with Gasteiger partial charge in [-0.2, -0.15) is 5.09 Å². The lowest BCUT2D eigenvalue weighted by molar-refractivity contribution is -0.142. The highest BCUT2D eigenvalue weighted by Gasteiger charge is 2.40. The van der Waals surface area contributed by atoms with E-state index in [4.69, 9.17) is 19.5 Å². The molecular weight excluding hydrogens is 470 g/mol. The van der Waals surface area contributed by atoms with E-state index in [9.17, 15) is 13.8 Å². The van der Waals surface area contributed by atoms with Crippen LogP contribution in [-0.2, 0) is 23.4 Å². The van der Waals surface area contributed by atoms with Crippen LogP contribution in [0.25, 0.3) is 11.2 Å². The molecule has 0 bridgehead atoms. The van der Waals surface area contributed by atoms with Crippen LogP contribution in [0.15, 0.2) is 43.0 Å². The van der Waals surface area contributed by atoms with Gasteiger partial charge in [0.2, 0.25) is 0 Å². The zero-order valence-electron chi connectivity index (χ0n) is 18.4. The normalized spacial score (nSPS) is 22.9. The number of carbonyl (C=O) groups is 1. The number of hydrogen-bond acceptors (Lipinski definition) is 10. The number of nitrogen functional groups attached to an aromatic ring is 1. The van der Waals surface area contributed by atoms with Crippen molar-refractivity contribution in [1.29, 1.82) is 0 Å². The maximum absolute atomic E-state index is 14.8. The van der Waals surface area contributed by atoms with Crippen LogP contribution in [0.3, 0.4) is 0 Å². The van der Waals surface area contributed by atoms with Crippen molar-refractivity contribution in [2.24, 2.45) is 0 Å². The molecule has 3 aromatic rings. The molecule has 5 atom stereocenters. The quantitative estimate of drug-likeness (QED) is 0.333. The second-order valence-corrected chi connectivity index (χ2v) is 9.23. The van der Waals surface area contributed by atoms with Crippen LogP contribution >= 0.6 is 7.75 Å². The Morgan fingerprint density at radius 1 is 1.35 bits per heavy atom. The average molecular weight is 494 g/mol. The van der Waals surface area contributed by atoms with Crippen molar-refractivity contribution in [3.05, 3.63) is 43.0 Å². The number of benzene rings is 1. The molecule has 4 rings (SSSR count). The van der Waals surface area contributed by atoms with Crippen molar-refractivity contribution in [2.75, 3.05) is 19.5 Å². The van der Waals surface area contributed by atoms with Gasteiger partial charge in [0.1, 0.15) is 42.1 Å². The third-order valence-electron chi connectivity index (χ3n) is 5.14. The summed E-state index contributed by atoms with van der Waals surface area (Å²) in [4.78, 5) is 24.0. The molecule has 0 radical (unpaired) electrons.